The lowest BCUT2D eigenvalue weighted by Crippen LogP contribution is -2.13. The van der Waals surface area contributed by atoms with Gasteiger partial charge in [-0.2, -0.15) is 0 Å². The molecule has 0 amide bonds. The van der Waals surface area contributed by atoms with E-state index in [9.17, 15) is 13.2 Å². The van der Waals surface area contributed by atoms with E-state index in [2.05, 4.69) is 4.72 Å². The molecule has 2 aromatic carbocycles. The average molecular weight is 345 g/mol. The number of esters is 1. The zero-order chi connectivity index (χ0) is 17.6. The molecular weight excluding hydrogens is 326 g/mol. The van der Waals surface area contributed by atoms with Crippen molar-refractivity contribution in [2.75, 3.05) is 11.3 Å². The first-order chi connectivity index (χ1) is 11.4. The number of nitrogens with one attached hydrogen (secondary N) is 1. The maximum atomic E-state index is 12.5. The fourth-order valence-electron chi connectivity index (χ4n) is 2.00. The van der Waals surface area contributed by atoms with Gasteiger partial charge in [-0.15, -0.1) is 0 Å². The van der Waals surface area contributed by atoms with E-state index >= 15 is 0 Å². The number of sulfonamides is 1. The molecule has 0 bridgehead atoms. The van der Waals surface area contributed by atoms with Crippen molar-refractivity contribution in [2.24, 2.45) is 0 Å². The molecule has 0 spiro atoms. The predicted molar refractivity (Wildman–Crippen MR) is 94.1 cm³/mol. The molecule has 2 rings (SSSR count). The van der Waals surface area contributed by atoms with E-state index in [1.54, 1.807) is 55.5 Å². The molecule has 0 fully saturated rings. The third kappa shape index (κ3) is 4.70. The third-order valence-electron chi connectivity index (χ3n) is 3.22. The Labute approximate surface area is 142 Å². The molecule has 0 aromatic heterocycles. The summed E-state index contributed by atoms with van der Waals surface area (Å²) in [6.45, 7) is 3.89. The summed E-state index contributed by atoms with van der Waals surface area (Å²) in [5.74, 6) is -0.478. The van der Waals surface area contributed by atoms with Crippen LogP contribution in [0.2, 0.25) is 0 Å². The van der Waals surface area contributed by atoms with E-state index in [1.807, 2.05) is 6.92 Å². The molecule has 1 N–H and O–H groups in total. The minimum Gasteiger partial charge on any atom is -0.463 e. The lowest BCUT2D eigenvalue weighted by molar-refractivity contribution is -0.137. The number of hydrogen-bond donors (Lipinski definition) is 1. The number of aryl methyl sites for hydroxylation is 1. The lowest BCUT2D eigenvalue weighted by Gasteiger charge is -2.11. The molecule has 0 aliphatic heterocycles. The van der Waals surface area contributed by atoms with Crippen LogP contribution in [-0.2, 0) is 19.6 Å². The van der Waals surface area contributed by atoms with Crippen molar-refractivity contribution in [3.05, 3.63) is 65.7 Å². The van der Waals surface area contributed by atoms with Crippen LogP contribution >= 0.6 is 0 Å². The maximum Gasteiger partial charge on any atom is 0.330 e. The lowest BCUT2D eigenvalue weighted by atomic mass is 10.2. The Hall–Kier alpha value is -2.60. The number of para-hydroxylation sites is 1. The number of benzene rings is 2. The highest BCUT2D eigenvalue weighted by molar-refractivity contribution is 7.92. The molecule has 126 valence electrons. The number of rotatable bonds is 6. The van der Waals surface area contributed by atoms with Gasteiger partial charge in [-0.3, -0.25) is 4.72 Å². The van der Waals surface area contributed by atoms with E-state index in [0.717, 1.165) is 5.56 Å². The van der Waals surface area contributed by atoms with Crippen LogP contribution in [0.5, 0.6) is 0 Å². The van der Waals surface area contributed by atoms with Gasteiger partial charge in [-0.1, -0.05) is 35.9 Å². The van der Waals surface area contributed by atoms with Gasteiger partial charge in [0.25, 0.3) is 10.0 Å². The van der Waals surface area contributed by atoms with Crippen molar-refractivity contribution in [3.8, 4) is 0 Å². The first-order valence-electron chi connectivity index (χ1n) is 7.46. The molecule has 0 aliphatic rings. The molecule has 0 saturated carbocycles. The monoisotopic (exact) mass is 345 g/mol. The number of ether oxygens (including phenoxy) is 1. The number of carbonyl (C=O) groups is 1. The van der Waals surface area contributed by atoms with Crippen LogP contribution in [0.1, 0.15) is 18.1 Å². The standard InChI is InChI=1S/C18H19NO4S/c1-3-23-18(20)13-10-15-6-4-5-7-17(15)19-24(21,22)16-11-8-14(2)9-12-16/h4-13,19H,3H2,1-2H3/b13-10+. The summed E-state index contributed by atoms with van der Waals surface area (Å²) in [5, 5.41) is 0. The topological polar surface area (TPSA) is 72.5 Å². The molecule has 0 heterocycles. The zero-order valence-electron chi connectivity index (χ0n) is 13.5. The fourth-order valence-corrected chi connectivity index (χ4v) is 3.09. The first-order valence-corrected chi connectivity index (χ1v) is 8.94. The highest BCUT2D eigenvalue weighted by atomic mass is 32.2. The van der Waals surface area contributed by atoms with Crippen molar-refractivity contribution >= 4 is 27.8 Å². The van der Waals surface area contributed by atoms with Crippen LogP contribution in [-0.4, -0.2) is 21.0 Å². The summed E-state index contributed by atoms with van der Waals surface area (Å²) in [5.41, 5.74) is 1.94. The van der Waals surface area contributed by atoms with Crippen LogP contribution in [0, 0.1) is 6.92 Å². The Morgan fingerprint density at radius 1 is 1.12 bits per heavy atom. The molecule has 2 aromatic rings. The quantitative estimate of drug-likeness (QED) is 0.643. The van der Waals surface area contributed by atoms with E-state index < -0.39 is 16.0 Å². The minimum atomic E-state index is -3.70. The number of hydrogen-bond acceptors (Lipinski definition) is 4. The largest absolute Gasteiger partial charge is 0.463 e. The van der Waals surface area contributed by atoms with Crippen LogP contribution in [0.4, 0.5) is 5.69 Å². The molecular formula is C18H19NO4S. The molecule has 24 heavy (non-hydrogen) atoms. The van der Waals surface area contributed by atoms with Gasteiger partial charge < -0.3 is 4.74 Å². The average Bonchev–Trinajstić information content (AvgIpc) is 2.54. The van der Waals surface area contributed by atoms with Crippen LogP contribution in [0.25, 0.3) is 6.08 Å². The van der Waals surface area contributed by atoms with Gasteiger partial charge in [0.1, 0.15) is 0 Å². The smallest absolute Gasteiger partial charge is 0.330 e. The molecule has 0 saturated heterocycles. The van der Waals surface area contributed by atoms with Crippen LogP contribution in [0.15, 0.2) is 59.5 Å². The van der Waals surface area contributed by atoms with Crippen LogP contribution < -0.4 is 4.72 Å². The van der Waals surface area contributed by atoms with Gasteiger partial charge in [0.15, 0.2) is 0 Å². The Bertz CT molecular complexity index is 840. The van der Waals surface area contributed by atoms with Gasteiger partial charge in [0.05, 0.1) is 17.2 Å². The number of carbonyl (C=O) groups excluding carboxylic acids is 1. The van der Waals surface area contributed by atoms with Crippen molar-refractivity contribution in [1.29, 1.82) is 0 Å². The van der Waals surface area contributed by atoms with E-state index in [4.69, 9.17) is 4.74 Å². The minimum absolute atomic E-state index is 0.178. The Kier molecular flexibility index (Phi) is 5.76. The molecule has 0 unspecified atom stereocenters. The summed E-state index contributed by atoms with van der Waals surface area (Å²) < 4.78 is 32.3. The first kappa shape index (κ1) is 17.7. The van der Waals surface area contributed by atoms with E-state index in [1.165, 1.54) is 12.2 Å². The molecule has 0 atom stereocenters. The van der Waals surface area contributed by atoms with Crippen molar-refractivity contribution < 1.29 is 17.9 Å². The number of anilines is 1. The van der Waals surface area contributed by atoms with Gasteiger partial charge >= 0.3 is 5.97 Å². The molecule has 6 heteroatoms. The van der Waals surface area contributed by atoms with Crippen LogP contribution in [0.3, 0.4) is 0 Å². The summed E-state index contributed by atoms with van der Waals surface area (Å²) in [4.78, 5) is 11.6. The Morgan fingerprint density at radius 3 is 2.46 bits per heavy atom. The zero-order valence-corrected chi connectivity index (χ0v) is 14.3. The second-order valence-electron chi connectivity index (χ2n) is 5.09. The van der Waals surface area contributed by atoms with Crippen molar-refractivity contribution in [1.82, 2.24) is 0 Å². The second-order valence-corrected chi connectivity index (χ2v) is 6.77. The third-order valence-corrected chi connectivity index (χ3v) is 4.60. The Morgan fingerprint density at radius 2 is 1.79 bits per heavy atom. The normalized spacial score (nSPS) is 11.4. The van der Waals surface area contributed by atoms with E-state index in [0.29, 0.717) is 11.3 Å². The second kappa shape index (κ2) is 7.79. The van der Waals surface area contributed by atoms with Gasteiger partial charge in [-0.05, 0) is 43.7 Å². The van der Waals surface area contributed by atoms with Crippen molar-refractivity contribution in [3.63, 3.8) is 0 Å². The predicted octanol–water partition coefficient (Wildman–Crippen LogP) is 3.37. The van der Waals surface area contributed by atoms with Gasteiger partial charge in [0.2, 0.25) is 0 Å². The van der Waals surface area contributed by atoms with E-state index in [-0.39, 0.29) is 11.5 Å². The summed E-state index contributed by atoms with van der Waals surface area (Å²) in [6, 6.07) is 13.4. The molecule has 0 aliphatic carbocycles. The van der Waals surface area contributed by atoms with Gasteiger partial charge in [-0.25, -0.2) is 13.2 Å². The van der Waals surface area contributed by atoms with Crippen molar-refractivity contribution in [2.45, 2.75) is 18.7 Å². The molecule has 5 nitrogen and oxygen atoms in total. The Balaban J connectivity index is 2.26. The summed E-state index contributed by atoms with van der Waals surface area (Å²) >= 11 is 0. The summed E-state index contributed by atoms with van der Waals surface area (Å²) in [6.07, 6.45) is 2.79. The maximum absolute atomic E-state index is 12.5. The SMILES string of the molecule is CCOC(=O)/C=C/c1ccccc1NS(=O)(=O)c1ccc(C)cc1. The highest BCUT2D eigenvalue weighted by Gasteiger charge is 2.15. The highest BCUT2D eigenvalue weighted by Crippen LogP contribution is 2.21. The van der Waals surface area contributed by atoms with Gasteiger partial charge in [0, 0.05) is 6.08 Å². The molecule has 0 radical (unpaired) electrons. The summed E-state index contributed by atoms with van der Waals surface area (Å²) in [7, 11) is -3.70. The fraction of sp³-hybridized carbons (Fsp3) is 0.167.